The SMILES string of the molecule is CC(SOS(=O)(=O)O)S(=O)(=O)O. The topological polar surface area (TPSA) is 118 Å². The molecule has 0 amide bonds. The van der Waals surface area contributed by atoms with Gasteiger partial charge in [0.05, 0.1) is 0 Å². The highest BCUT2D eigenvalue weighted by molar-refractivity contribution is 8.12. The van der Waals surface area contributed by atoms with Gasteiger partial charge in [-0.25, -0.2) is 0 Å². The van der Waals surface area contributed by atoms with Gasteiger partial charge in [0.25, 0.3) is 10.1 Å². The van der Waals surface area contributed by atoms with Crippen LogP contribution in [-0.2, 0) is 24.1 Å². The minimum atomic E-state index is -4.69. The Kier molecular flexibility index (Phi) is 3.93. The summed E-state index contributed by atoms with van der Waals surface area (Å²) < 4.78 is 58.6. The second-order valence-electron chi connectivity index (χ2n) is 1.67. The van der Waals surface area contributed by atoms with Crippen LogP contribution < -0.4 is 0 Å². The van der Waals surface area contributed by atoms with Crippen molar-refractivity contribution in [1.29, 1.82) is 0 Å². The van der Waals surface area contributed by atoms with E-state index in [1.54, 1.807) is 0 Å². The maximum Gasteiger partial charge on any atom is 0.408 e. The number of hydrogen-bond donors (Lipinski definition) is 2. The zero-order chi connectivity index (χ0) is 9.99. The van der Waals surface area contributed by atoms with Crippen LogP contribution in [0.3, 0.4) is 0 Å². The fourth-order valence-electron chi connectivity index (χ4n) is 0.155. The molecular formula is C2H6O7S3. The van der Waals surface area contributed by atoms with Crippen molar-refractivity contribution in [3.05, 3.63) is 0 Å². The van der Waals surface area contributed by atoms with Gasteiger partial charge in [-0.1, -0.05) is 0 Å². The molecule has 0 aliphatic rings. The lowest BCUT2D eigenvalue weighted by atomic mass is 11.0. The molecule has 0 aromatic heterocycles. The highest BCUT2D eigenvalue weighted by Crippen LogP contribution is 2.18. The van der Waals surface area contributed by atoms with Crippen molar-refractivity contribution in [2.75, 3.05) is 0 Å². The molecule has 0 spiro atoms. The highest BCUT2D eigenvalue weighted by Gasteiger charge is 2.21. The Morgan fingerprint density at radius 3 is 1.92 bits per heavy atom. The summed E-state index contributed by atoms with van der Waals surface area (Å²) in [4.78, 5) is 0. The molecule has 0 fully saturated rings. The molecule has 1 unspecified atom stereocenters. The van der Waals surface area contributed by atoms with Crippen LogP contribution in [0.2, 0.25) is 0 Å². The van der Waals surface area contributed by atoms with Gasteiger partial charge in [-0.2, -0.15) is 20.5 Å². The monoisotopic (exact) mass is 238 g/mol. The second-order valence-corrected chi connectivity index (χ2v) is 6.01. The number of hydrogen-bond acceptors (Lipinski definition) is 6. The average Bonchev–Trinajstić information content (AvgIpc) is 1.78. The van der Waals surface area contributed by atoms with Crippen LogP contribution in [0.15, 0.2) is 0 Å². The van der Waals surface area contributed by atoms with E-state index in [0.717, 1.165) is 6.92 Å². The van der Waals surface area contributed by atoms with E-state index in [-0.39, 0.29) is 12.0 Å². The third kappa shape index (κ3) is 5.74. The first-order chi connectivity index (χ1) is 5.13. The molecule has 0 saturated carbocycles. The molecule has 74 valence electrons. The molecule has 0 saturated heterocycles. The van der Waals surface area contributed by atoms with Gasteiger partial charge in [0.15, 0.2) is 4.58 Å². The van der Waals surface area contributed by atoms with Gasteiger partial charge in [-0.15, -0.1) is 0 Å². The van der Waals surface area contributed by atoms with Crippen LogP contribution >= 0.6 is 12.0 Å². The van der Waals surface area contributed by atoms with E-state index in [1.807, 2.05) is 0 Å². The van der Waals surface area contributed by atoms with Crippen LogP contribution in [-0.4, -0.2) is 30.5 Å². The Bertz CT molecular complexity index is 324. The summed E-state index contributed by atoms with van der Waals surface area (Å²) in [5, 5.41) is 0. The molecule has 0 heterocycles. The Morgan fingerprint density at radius 1 is 1.25 bits per heavy atom. The highest BCUT2D eigenvalue weighted by atomic mass is 32.3. The Labute approximate surface area is 74.0 Å². The summed E-state index contributed by atoms with van der Waals surface area (Å²) in [6.07, 6.45) is 0. The summed E-state index contributed by atoms with van der Waals surface area (Å²) in [6, 6.07) is 0. The van der Waals surface area contributed by atoms with Crippen LogP contribution in [0.5, 0.6) is 0 Å². The molecule has 0 radical (unpaired) electrons. The maximum atomic E-state index is 10.2. The van der Waals surface area contributed by atoms with Crippen LogP contribution in [0, 0.1) is 0 Å². The first kappa shape index (κ1) is 12.1. The molecule has 0 aliphatic carbocycles. The molecule has 2 N–H and O–H groups in total. The fraction of sp³-hybridized carbons (Fsp3) is 1.00. The molecule has 0 aromatic carbocycles. The molecule has 12 heavy (non-hydrogen) atoms. The summed E-state index contributed by atoms with van der Waals surface area (Å²) in [7, 11) is -9.05. The standard InChI is InChI=1S/C2H6O7S3/c1-2(11(3,4)5)10-9-12(6,7)8/h2H,1H3,(H,3,4,5)(H,6,7,8). The third-order valence-electron chi connectivity index (χ3n) is 0.680. The van der Waals surface area contributed by atoms with Crippen LogP contribution in [0.4, 0.5) is 0 Å². The van der Waals surface area contributed by atoms with Crippen molar-refractivity contribution in [2.24, 2.45) is 0 Å². The van der Waals surface area contributed by atoms with Gasteiger partial charge in [-0.3, -0.25) is 9.11 Å². The van der Waals surface area contributed by atoms with Crippen LogP contribution in [0.25, 0.3) is 0 Å². The zero-order valence-corrected chi connectivity index (χ0v) is 8.19. The summed E-state index contributed by atoms with van der Waals surface area (Å²) >= 11 is -0.0856. The molecule has 0 rings (SSSR count). The van der Waals surface area contributed by atoms with Crippen molar-refractivity contribution in [3.63, 3.8) is 0 Å². The van der Waals surface area contributed by atoms with Crippen molar-refractivity contribution in [1.82, 2.24) is 0 Å². The predicted octanol–water partition coefficient (Wildman–Crippen LogP) is -0.312. The minimum absolute atomic E-state index is 0.0856. The van der Waals surface area contributed by atoms with E-state index < -0.39 is 25.1 Å². The lowest BCUT2D eigenvalue weighted by Gasteiger charge is -2.03. The van der Waals surface area contributed by atoms with Crippen molar-refractivity contribution < 1.29 is 29.6 Å². The van der Waals surface area contributed by atoms with Crippen molar-refractivity contribution in [3.8, 4) is 0 Å². The van der Waals surface area contributed by atoms with E-state index in [4.69, 9.17) is 9.11 Å². The minimum Gasteiger partial charge on any atom is -0.285 e. The maximum absolute atomic E-state index is 10.2. The molecule has 0 aliphatic heterocycles. The lowest BCUT2D eigenvalue weighted by molar-refractivity contribution is 0.407. The second kappa shape index (κ2) is 3.89. The molecule has 10 heteroatoms. The van der Waals surface area contributed by atoms with E-state index in [1.165, 1.54) is 0 Å². The average molecular weight is 238 g/mol. The van der Waals surface area contributed by atoms with Crippen molar-refractivity contribution >= 4 is 32.6 Å². The summed E-state index contributed by atoms with van der Waals surface area (Å²) in [5.74, 6) is 0. The normalized spacial score (nSPS) is 15.9. The van der Waals surface area contributed by atoms with Crippen molar-refractivity contribution in [2.45, 2.75) is 11.5 Å². The molecule has 1 atom stereocenters. The van der Waals surface area contributed by atoms with Gasteiger partial charge >= 0.3 is 10.4 Å². The fourth-order valence-corrected chi connectivity index (χ4v) is 1.68. The summed E-state index contributed by atoms with van der Waals surface area (Å²) in [5.41, 5.74) is 0. The Balaban J connectivity index is 4.16. The lowest BCUT2D eigenvalue weighted by Crippen LogP contribution is -2.14. The predicted molar refractivity (Wildman–Crippen MR) is 41.2 cm³/mol. The molecular weight excluding hydrogens is 232 g/mol. The van der Waals surface area contributed by atoms with Gasteiger partial charge in [0, 0.05) is 12.0 Å². The smallest absolute Gasteiger partial charge is 0.285 e. The van der Waals surface area contributed by atoms with E-state index in [2.05, 4.69) is 3.63 Å². The third-order valence-corrected chi connectivity index (χ3v) is 3.76. The first-order valence-corrected chi connectivity index (χ1v) is 6.09. The van der Waals surface area contributed by atoms with Gasteiger partial charge in [0.1, 0.15) is 0 Å². The van der Waals surface area contributed by atoms with Gasteiger partial charge in [-0.05, 0) is 6.92 Å². The van der Waals surface area contributed by atoms with E-state index in [0.29, 0.717) is 0 Å². The van der Waals surface area contributed by atoms with E-state index in [9.17, 15) is 16.8 Å². The molecule has 0 bridgehead atoms. The van der Waals surface area contributed by atoms with Gasteiger partial charge < -0.3 is 0 Å². The first-order valence-electron chi connectivity index (χ1n) is 2.41. The number of rotatable bonds is 4. The molecule has 7 nitrogen and oxygen atoms in total. The van der Waals surface area contributed by atoms with E-state index >= 15 is 0 Å². The Hall–Kier alpha value is 0.130. The largest absolute Gasteiger partial charge is 0.408 e. The molecule has 0 aromatic rings. The zero-order valence-electron chi connectivity index (χ0n) is 5.74. The summed E-state index contributed by atoms with van der Waals surface area (Å²) in [6.45, 7) is 0.991. The quantitative estimate of drug-likeness (QED) is 0.505. The van der Waals surface area contributed by atoms with Crippen LogP contribution in [0.1, 0.15) is 6.92 Å². The Morgan fingerprint density at radius 2 is 1.67 bits per heavy atom. The van der Waals surface area contributed by atoms with Gasteiger partial charge in [0.2, 0.25) is 0 Å².